The van der Waals surface area contributed by atoms with Crippen molar-refractivity contribution in [1.29, 1.82) is 0 Å². The second-order valence-corrected chi connectivity index (χ2v) is 5.45. The van der Waals surface area contributed by atoms with Gasteiger partial charge >= 0.3 is 0 Å². The Morgan fingerprint density at radius 2 is 2.12 bits per heavy atom. The van der Waals surface area contributed by atoms with Crippen LogP contribution in [0.25, 0.3) is 11.4 Å². The van der Waals surface area contributed by atoms with Gasteiger partial charge in [-0.2, -0.15) is 14.9 Å². The molecule has 25 heavy (non-hydrogen) atoms. The molecule has 2 N–H and O–H groups in total. The molecule has 8 heteroatoms. The van der Waals surface area contributed by atoms with Gasteiger partial charge in [-0.1, -0.05) is 12.1 Å². The minimum atomic E-state index is -0.320. The van der Waals surface area contributed by atoms with Crippen molar-refractivity contribution >= 4 is 18.4 Å². The van der Waals surface area contributed by atoms with Crippen LogP contribution in [0, 0.1) is 10.6 Å². The van der Waals surface area contributed by atoms with Crippen LogP contribution >= 0.6 is 12.2 Å². The number of rotatable bonds is 6. The zero-order valence-corrected chi connectivity index (χ0v) is 14.3. The van der Waals surface area contributed by atoms with E-state index in [0.29, 0.717) is 22.8 Å². The van der Waals surface area contributed by atoms with Gasteiger partial charge in [-0.25, -0.2) is 15.0 Å². The van der Waals surface area contributed by atoms with E-state index in [1.165, 1.54) is 23.0 Å². The van der Waals surface area contributed by atoms with Crippen LogP contribution in [0.5, 0.6) is 5.75 Å². The summed E-state index contributed by atoms with van der Waals surface area (Å²) in [6.07, 6.45) is 1.50. The summed E-state index contributed by atoms with van der Waals surface area (Å²) in [7, 11) is 0. The first-order chi connectivity index (χ1) is 12.2. The van der Waals surface area contributed by atoms with Crippen molar-refractivity contribution in [1.82, 2.24) is 14.9 Å². The van der Waals surface area contributed by atoms with Gasteiger partial charge in [0.05, 0.1) is 12.8 Å². The molecule has 0 aliphatic carbocycles. The zero-order chi connectivity index (χ0) is 17.6. The molecule has 0 spiro atoms. The van der Waals surface area contributed by atoms with E-state index in [0.717, 1.165) is 11.3 Å². The van der Waals surface area contributed by atoms with Gasteiger partial charge in [0.15, 0.2) is 5.82 Å². The van der Waals surface area contributed by atoms with Crippen LogP contribution in [0.15, 0.2) is 53.6 Å². The third-order valence-electron chi connectivity index (χ3n) is 3.32. The van der Waals surface area contributed by atoms with Crippen molar-refractivity contribution in [3.63, 3.8) is 0 Å². The second kappa shape index (κ2) is 7.71. The molecule has 128 valence electrons. The molecule has 0 unspecified atom stereocenters. The molecule has 0 saturated heterocycles. The third-order valence-corrected chi connectivity index (χ3v) is 3.59. The first-order valence-electron chi connectivity index (χ1n) is 7.62. The SMILES string of the molecule is CCOc1ccc(-c2n[nH]c(=S)n2N/N=C/c2cccc(F)c2)cc1. The highest BCUT2D eigenvalue weighted by Gasteiger charge is 2.08. The molecule has 0 bridgehead atoms. The average Bonchev–Trinajstić information content (AvgIpc) is 2.97. The summed E-state index contributed by atoms with van der Waals surface area (Å²) < 4.78 is 20.5. The highest BCUT2D eigenvalue weighted by Crippen LogP contribution is 2.20. The summed E-state index contributed by atoms with van der Waals surface area (Å²) in [4.78, 5) is 0. The lowest BCUT2D eigenvalue weighted by molar-refractivity contribution is 0.340. The van der Waals surface area contributed by atoms with Gasteiger partial charge in [0.2, 0.25) is 4.77 Å². The van der Waals surface area contributed by atoms with Gasteiger partial charge < -0.3 is 4.74 Å². The van der Waals surface area contributed by atoms with Gasteiger partial charge in [0.25, 0.3) is 0 Å². The molecule has 1 heterocycles. The van der Waals surface area contributed by atoms with E-state index in [1.807, 2.05) is 31.2 Å². The van der Waals surface area contributed by atoms with Gasteiger partial charge in [0, 0.05) is 5.56 Å². The number of hydrazone groups is 1. The van der Waals surface area contributed by atoms with Crippen LogP contribution in [0.3, 0.4) is 0 Å². The summed E-state index contributed by atoms with van der Waals surface area (Å²) in [6.45, 7) is 2.54. The number of nitrogens with one attached hydrogen (secondary N) is 2. The zero-order valence-electron chi connectivity index (χ0n) is 13.4. The number of H-pyrrole nitrogens is 1. The number of aromatic nitrogens is 3. The Hall–Kier alpha value is -3.00. The van der Waals surface area contributed by atoms with E-state index >= 15 is 0 Å². The van der Waals surface area contributed by atoms with Crippen LogP contribution in [0.4, 0.5) is 4.39 Å². The lowest BCUT2D eigenvalue weighted by Gasteiger charge is -2.07. The van der Waals surface area contributed by atoms with Crippen molar-refractivity contribution in [3.8, 4) is 17.1 Å². The number of halogens is 1. The smallest absolute Gasteiger partial charge is 0.216 e. The maximum absolute atomic E-state index is 13.2. The van der Waals surface area contributed by atoms with Crippen molar-refractivity contribution in [2.45, 2.75) is 6.92 Å². The fourth-order valence-corrected chi connectivity index (χ4v) is 2.37. The number of benzene rings is 2. The van der Waals surface area contributed by atoms with Crippen LogP contribution in [0.1, 0.15) is 12.5 Å². The Balaban J connectivity index is 1.81. The highest BCUT2D eigenvalue weighted by atomic mass is 32.1. The quantitative estimate of drug-likeness (QED) is 0.401. The van der Waals surface area contributed by atoms with Gasteiger partial charge in [-0.05, 0) is 61.1 Å². The molecule has 2 aromatic carbocycles. The Morgan fingerprint density at radius 3 is 2.84 bits per heavy atom. The Kier molecular flexibility index (Phi) is 5.20. The van der Waals surface area contributed by atoms with E-state index in [9.17, 15) is 4.39 Å². The van der Waals surface area contributed by atoms with E-state index in [4.69, 9.17) is 17.0 Å². The van der Waals surface area contributed by atoms with Crippen molar-refractivity contribution in [2.75, 3.05) is 12.1 Å². The molecule has 6 nitrogen and oxygen atoms in total. The number of hydrogen-bond donors (Lipinski definition) is 2. The van der Waals surface area contributed by atoms with Gasteiger partial charge in [0.1, 0.15) is 11.6 Å². The fraction of sp³-hybridized carbons (Fsp3) is 0.118. The van der Waals surface area contributed by atoms with E-state index in [2.05, 4.69) is 20.8 Å². The molecule has 3 aromatic rings. The van der Waals surface area contributed by atoms with Crippen LogP contribution in [-0.2, 0) is 0 Å². The third kappa shape index (κ3) is 4.10. The largest absolute Gasteiger partial charge is 0.494 e. The lowest BCUT2D eigenvalue weighted by Crippen LogP contribution is -2.10. The molecule has 0 saturated carbocycles. The predicted molar refractivity (Wildman–Crippen MR) is 97.4 cm³/mol. The summed E-state index contributed by atoms with van der Waals surface area (Å²) in [5, 5.41) is 11.0. The maximum atomic E-state index is 13.2. The molecule has 1 aromatic heterocycles. The van der Waals surface area contributed by atoms with Crippen molar-refractivity contribution in [3.05, 3.63) is 64.7 Å². The maximum Gasteiger partial charge on any atom is 0.216 e. The normalized spacial score (nSPS) is 11.0. The first kappa shape index (κ1) is 16.8. The molecule has 0 aliphatic heterocycles. The summed E-state index contributed by atoms with van der Waals surface area (Å²) in [5.74, 6) is 1.03. The molecule has 3 rings (SSSR count). The first-order valence-corrected chi connectivity index (χ1v) is 8.03. The minimum absolute atomic E-state index is 0.320. The number of aromatic amines is 1. The second-order valence-electron chi connectivity index (χ2n) is 5.06. The van der Waals surface area contributed by atoms with E-state index < -0.39 is 0 Å². The lowest BCUT2D eigenvalue weighted by atomic mass is 10.2. The number of nitrogens with zero attached hydrogens (tertiary/aromatic N) is 3. The van der Waals surface area contributed by atoms with E-state index in [-0.39, 0.29) is 5.82 Å². The molecule has 0 radical (unpaired) electrons. The monoisotopic (exact) mass is 357 g/mol. The highest BCUT2D eigenvalue weighted by molar-refractivity contribution is 7.71. The van der Waals surface area contributed by atoms with Crippen molar-refractivity contribution < 1.29 is 9.13 Å². The van der Waals surface area contributed by atoms with Crippen LogP contribution in [-0.4, -0.2) is 27.7 Å². The molecule has 0 fully saturated rings. The fourth-order valence-electron chi connectivity index (χ4n) is 2.20. The standard InChI is InChI=1S/C17H16FN5OS/c1-2-24-15-8-6-13(7-9-15)16-20-21-17(25)23(16)22-19-11-12-4-3-5-14(18)10-12/h3-11,22H,2H2,1H3,(H,21,25)/b19-11+. The van der Waals surface area contributed by atoms with Gasteiger partial charge in [-0.15, -0.1) is 0 Å². The summed E-state index contributed by atoms with van der Waals surface area (Å²) in [6, 6.07) is 13.6. The van der Waals surface area contributed by atoms with Gasteiger partial charge in [-0.3, -0.25) is 0 Å². The van der Waals surface area contributed by atoms with E-state index in [1.54, 1.807) is 12.1 Å². The van der Waals surface area contributed by atoms with Crippen molar-refractivity contribution in [2.24, 2.45) is 5.10 Å². The molecule has 0 atom stereocenters. The molecular formula is C17H16FN5OS. The summed E-state index contributed by atoms with van der Waals surface area (Å²) >= 11 is 5.21. The number of hydrogen-bond acceptors (Lipinski definition) is 5. The minimum Gasteiger partial charge on any atom is -0.494 e. The van der Waals surface area contributed by atoms with Crippen LogP contribution in [0.2, 0.25) is 0 Å². The Bertz CT molecular complexity index is 933. The molecule has 0 amide bonds. The predicted octanol–water partition coefficient (Wildman–Crippen LogP) is 3.72. The molecular weight excluding hydrogens is 341 g/mol. The average molecular weight is 357 g/mol. The molecule has 0 aliphatic rings. The number of ether oxygens (including phenoxy) is 1. The topological polar surface area (TPSA) is 67.2 Å². The summed E-state index contributed by atoms with van der Waals surface area (Å²) in [5.41, 5.74) is 4.27. The Labute approximate surface area is 148 Å². The van der Waals surface area contributed by atoms with Crippen LogP contribution < -0.4 is 10.3 Å². The Morgan fingerprint density at radius 1 is 1.32 bits per heavy atom.